The Morgan fingerprint density at radius 2 is 1.67 bits per heavy atom. The molecule has 1 aliphatic rings. The van der Waals surface area contributed by atoms with Gasteiger partial charge in [0, 0.05) is 22.6 Å². The molecule has 0 bridgehead atoms. The quantitative estimate of drug-likeness (QED) is 0.248. The second kappa shape index (κ2) is 13.4. The highest BCUT2D eigenvalue weighted by molar-refractivity contribution is 14.1. The van der Waals surface area contributed by atoms with Gasteiger partial charge >= 0.3 is 5.97 Å². The summed E-state index contributed by atoms with van der Waals surface area (Å²) in [6, 6.07) is 24.0. The third-order valence-electron chi connectivity index (χ3n) is 7.99. The average Bonchev–Trinajstić information content (AvgIpc) is 2.91. The van der Waals surface area contributed by atoms with E-state index in [9.17, 15) is 19.8 Å². The van der Waals surface area contributed by atoms with Gasteiger partial charge in [-0.3, -0.25) is 9.69 Å². The molecule has 7 heteroatoms. The van der Waals surface area contributed by atoms with Crippen LogP contribution in [0.5, 0.6) is 5.75 Å². The number of amides is 1. The van der Waals surface area contributed by atoms with Crippen molar-refractivity contribution in [1.29, 1.82) is 0 Å². The third kappa shape index (κ3) is 7.82. The Bertz CT molecular complexity index is 1250. The van der Waals surface area contributed by atoms with Crippen molar-refractivity contribution in [3.8, 4) is 5.75 Å². The summed E-state index contributed by atoms with van der Waals surface area (Å²) in [5, 5.41) is 23.0. The van der Waals surface area contributed by atoms with E-state index in [1.165, 1.54) is 0 Å². The Balaban J connectivity index is 1.59. The van der Waals surface area contributed by atoms with Crippen LogP contribution >= 0.6 is 22.6 Å². The first-order valence-corrected chi connectivity index (χ1v) is 14.6. The molecule has 3 aromatic rings. The van der Waals surface area contributed by atoms with E-state index >= 15 is 0 Å². The molecule has 3 N–H and O–H groups in total. The third-order valence-corrected chi connectivity index (χ3v) is 8.71. The molecular weight excluding hydrogens is 603 g/mol. The standard InChI is InChI=1S/C32H37IN2O4/c1-21-15-16-35(30(22(21)2)25-9-6-10-28(36)19-25)20-26(17-23-7-4-3-5-8-23)31(37)34-29(32(38)39)18-24-11-13-27(33)14-12-24/h3-14,19,21-22,26,29-30,36H,15-18,20H2,1-2H3,(H,34,37)(H,38,39)/t21-,22-,26+,29+,30?/m1/s1. The maximum atomic E-state index is 13.8. The number of carbonyl (C=O) groups is 2. The van der Waals surface area contributed by atoms with Crippen LogP contribution in [0.25, 0.3) is 0 Å². The van der Waals surface area contributed by atoms with Crippen LogP contribution in [0.2, 0.25) is 0 Å². The SMILES string of the molecule is C[C@@H]1CCN(C[C@H](Cc2ccccc2)C(=O)N[C@@H](Cc2ccc(I)cc2)C(=O)O)C(c2cccc(O)c2)[C@@H]1C. The molecule has 1 aliphatic heterocycles. The van der Waals surface area contributed by atoms with Gasteiger partial charge in [-0.05, 0) is 94.8 Å². The number of halogens is 1. The molecule has 4 rings (SSSR count). The smallest absolute Gasteiger partial charge is 0.326 e. The Morgan fingerprint density at radius 1 is 0.974 bits per heavy atom. The molecule has 0 aromatic heterocycles. The second-order valence-electron chi connectivity index (χ2n) is 10.8. The van der Waals surface area contributed by atoms with E-state index in [1.54, 1.807) is 6.07 Å². The maximum absolute atomic E-state index is 13.8. The number of carboxylic acid groups (broad SMARTS) is 1. The number of nitrogens with zero attached hydrogens (tertiary/aromatic N) is 1. The van der Waals surface area contributed by atoms with Gasteiger partial charge in [0.2, 0.25) is 5.91 Å². The molecule has 39 heavy (non-hydrogen) atoms. The van der Waals surface area contributed by atoms with E-state index in [0.717, 1.165) is 33.2 Å². The zero-order valence-corrected chi connectivity index (χ0v) is 24.6. The Kier molecular flexibility index (Phi) is 10.0. The summed E-state index contributed by atoms with van der Waals surface area (Å²) >= 11 is 2.21. The molecule has 206 valence electrons. The molecule has 0 radical (unpaired) electrons. The average molecular weight is 641 g/mol. The number of piperidine rings is 1. The topological polar surface area (TPSA) is 89.9 Å². The Hall–Kier alpha value is -2.91. The van der Waals surface area contributed by atoms with Crippen LogP contribution < -0.4 is 5.32 Å². The minimum absolute atomic E-state index is 0.0500. The molecule has 1 saturated heterocycles. The first-order chi connectivity index (χ1) is 18.7. The molecular formula is C32H37IN2O4. The lowest BCUT2D eigenvalue weighted by Crippen LogP contribution is -2.50. The number of hydrogen-bond acceptors (Lipinski definition) is 4. The molecule has 0 aliphatic carbocycles. The van der Waals surface area contributed by atoms with Crippen LogP contribution in [0.15, 0.2) is 78.9 Å². The van der Waals surface area contributed by atoms with Gasteiger partial charge in [-0.2, -0.15) is 0 Å². The molecule has 1 heterocycles. The number of phenolic OH excluding ortho intramolecular Hbond substituents is 1. The van der Waals surface area contributed by atoms with Crippen molar-refractivity contribution >= 4 is 34.5 Å². The zero-order chi connectivity index (χ0) is 27.9. The lowest BCUT2D eigenvalue weighted by Gasteiger charge is -2.45. The number of aromatic hydroxyl groups is 1. The first-order valence-electron chi connectivity index (χ1n) is 13.6. The highest BCUT2D eigenvalue weighted by atomic mass is 127. The Morgan fingerprint density at radius 3 is 2.33 bits per heavy atom. The summed E-state index contributed by atoms with van der Waals surface area (Å²) < 4.78 is 1.07. The Labute approximate surface area is 244 Å². The van der Waals surface area contributed by atoms with Crippen molar-refractivity contribution in [3.05, 3.63) is 99.1 Å². The predicted octanol–water partition coefficient (Wildman–Crippen LogP) is 5.69. The summed E-state index contributed by atoms with van der Waals surface area (Å²) in [6.07, 6.45) is 1.75. The molecule has 1 unspecified atom stereocenters. The van der Waals surface area contributed by atoms with Gasteiger partial charge in [-0.15, -0.1) is 0 Å². The minimum Gasteiger partial charge on any atom is -0.508 e. The molecule has 3 aromatic carbocycles. The van der Waals surface area contributed by atoms with Gasteiger partial charge < -0.3 is 15.5 Å². The van der Waals surface area contributed by atoms with Crippen LogP contribution in [-0.4, -0.2) is 46.1 Å². The van der Waals surface area contributed by atoms with Crippen LogP contribution in [0.3, 0.4) is 0 Å². The molecule has 6 nitrogen and oxygen atoms in total. The fourth-order valence-corrected chi connectivity index (χ4v) is 5.97. The van der Waals surface area contributed by atoms with Crippen molar-refractivity contribution in [1.82, 2.24) is 10.2 Å². The van der Waals surface area contributed by atoms with E-state index < -0.39 is 17.9 Å². The van der Waals surface area contributed by atoms with Crippen molar-refractivity contribution in [2.24, 2.45) is 17.8 Å². The van der Waals surface area contributed by atoms with Gasteiger partial charge in [0.1, 0.15) is 11.8 Å². The fourth-order valence-electron chi connectivity index (χ4n) is 5.61. The van der Waals surface area contributed by atoms with Crippen molar-refractivity contribution in [3.63, 3.8) is 0 Å². The summed E-state index contributed by atoms with van der Waals surface area (Å²) in [6.45, 7) is 5.82. The van der Waals surface area contributed by atoms with Crippen LogP contribution in [0.1, 0.15) is 43.0 Å². The van der Waals surface area contributed by atoms with E-state index in [4.69, 9.17) is 0 Å². The summed E-state index contributed by atoms with van der Waals surface area (Å²) in [5.41, 5.74) is 2.94. The first kappa shape index (κ1) is 29.1. The van der Waals surface area contributed by atoms with Crippen LogP contribution in [-0.2, 0) is 22.4 Å². The van der Waals surface area contributed by atoms with Crippen LogP contribution in [0, 0.1) is 21.3 Å². The number of rotatable bonds is 10. The van der Waals surface area contributed by atoms with Crippen molar-refractivity contribution in [2.75, 3.05) is 13.1 Å². The number of aliphatic carboxylic acids is 1. The molecule has 0 saturated carbocycles. The predicted molar refractivity (Wildman–Crippen MR) is 161 cm³/mol. The monoisotopic (exact) mass is 640 g/mol. The summed E-state index contributed by atoms with van der Waals surface area (Å²) in [4.78, 5) is 28.3. The van der Waals surface area contributed by atoms with E-state index in [1.807, 2.05) is 72.8 Å². The van der Waals surface area contributed by atoms with E-state index in [2.05, 4.69) is 46.7 Å². The normalized spacial score (nSPS) is 21.2. The van der Waals surface area contributed by atoms with Gasteiger partial charge in [0.15, 0.2) is 0 Å². The summed E-state index contributed by atoms with van der Waals surface area (Å²) in [5.74, 6) is -0.673. The van der Waals surface area contributed by atoms with Gasteiger partial charge in [-0.1, -0.05) is 68.4 Å². The lowest BCUT2D eigenvalue weighted by molar-refractivity contribution is -0.142. The van der Waals surface area contributed by atoms with E-state index in [0.29, 0.717) is 24.8 Å². The van der Waals surface area contributed by atoms with Gasteiger partial charge in [-0.25, -0.2) is 4.79 Å². The zero-order valence-electron chi connectivity index (χ0n) is 22.5. The highest BCUT2D eigenvalue weighted by Gasteiger charge is 2.37. The second-order valence-corrected chi connectivity index (χ2v) is 12.0. The molecule has 5 atom stereocenters. The number of phenols is 1. The maximum Gasteiger partial charge on any atom is 0.326 e. The molecule has 0 spiro atoms. The largest absolute Gasteiger partial charge is 0.508 e. The minimum atomic E-state index is -1.04. The number of likely N-dealkylation sites (tertiary alicyclic amines) is 1. The number of carboxylic acids is 1. The fraction of sp³-hybridized carbons (Fsp3) is 0.375. The van der Waals surface area contributed by atoms with Crippen LogP contribution in [0.4, 0.5) is 0 Å². The van der Waals surface area contributed by atoms with Crippen molar-refractivity contribution in [2.45, 2.75) is 45.2 Å². The number of hydrogen-bond donors (Lipinski definition) is 3. The molecule has 1 amide bonds. The van der Waals surface area contributed by atoms with E-state index in [-0.39, 0.29) is 24.1 Å². The number of benzene rings is 3. The lowest BCUT2D eigenvalue weighted by atomic mass is 9.78. The van der Waals surface area contributed by atoms with Crippen molar-refractivity contribution < 1.29 is 19.8 Å². The highest BCUT2D eigenvalue weighted by Crippen LogP contribution is 2.40. The summed E-state index contributed by atoms with van der Waals surface area (Å²) in [7, 11) is 0. The van der Waals surface area contributed by atoms with Gasteiger partial charge in [0.05, 0.1) is 5.92 Å². The molecule has 1 fully saturated rings. The van der Waals surface area contributed by atoms with Gasteiger partial charge in [0.25, 0.3) is 0 Å². The number of carbonyl (C=O) groups excluding carboxylic acids is 1. The number of nitrogens with one attached hydrogen (secondary N) is 1.